The summed E-state index contributed by atoms with van der Waals surface area (Å²) in [6, 6.07) is 24.2. The molecule has 1 heterocycles. The molecule has 0 atom stereocenters. The fourth-order valence-corrected chi connectivity index (χ4v) is 6.05. The number of para-hydroxylation sites is 1. The highest BCUT2D eigenvalue weighted by atomic mass is 32.2. The number of hydroxylamine groups is 2. The van der Waals surface area contributed by atoms with Crippen LogP contribution in [0.1, 0.15) is 21.6 Å². The van der Waals surface area contributed by atoms with Gasteiger partial charge in [0.2, 0.25) is 10.0 Å². The Hall–Kier alpha value is -3.22. The van der Waals surface area contributed by atoms with E-state index in [1.807, 2.05) is 54.6 Å². The molecule has 1 aromatic heterocycles. The molecule has 0 spiro atoms. The van der Waals surface area contributed by atoms with Crippen molar-refractivity contribution in [1.29, 1.82) is 0 Å². The highest BCUT2D eigenvalue weighted by Crippen LogP contribution is 2.30. The predicted octanol–water partition coefficient (Wildman–Crippen LogP) is 6.58. The molecule has 6 nitrogen and oxygen atoms in total. The zero-order valence-corrected chi connectivity index (χ0v) is 21.7. The molecule has 0 fully saturated rings. The summed E-state index contributed by atoms with van der Waals surface area (Å²) in [5.74, 6) is 1.39. The van der Waals surface area contributed by atoms with Gasteiger partial charge in [0.15, 0.2) is 0 Å². The van der Waals surface area contributed by atoms with Crippen molar-refractivity contribution in [2.24, 2.45) is 0 Å². The molecule has 0 aliphatic rings. The SMILES string of the molecule is O=S(=O)(NCCc1ccc(Oc2ccccc2)cc1)c1ccc(CN([O-])Cc2cccc(C(F)(F)F)c2)s1. The second-order valence-corrected chi connectivity index (χ2v) is 11.6. The summed E-state index contributed by atoms with van der Waals surface area (Å²) < 4.78 is 72.4. The molecule has 200 valence electrons. The lowest BCUT2D eigenvalue weighted by Gasteiger charge is -2.27. The Bertz CT molecular complexity index is 1440. The third-order valence-corrected chi connectivity index (χ3v) is 8.48. The van der Waals surface area contributed by atoms with Crippen molar-refractivity contribution >= 4 is 21.4 Å². The third kappa shape index (κ3) is 7.89. The number of rotatable bonds is 11. The molecule has 0 saturated heterocycles. The van der Waals surface area contributed by atoms with E-state index in [4.69, 9.17) is 4.74 Å². The third-order valence-electron chi connectivity index (χ3n) is 5.46. The maximum absolute atomic E-state index is 12.9. The van der Waals surface area contributed by atoms with Gasteiger partial charge in [0, 0.05) is 24.5 Å². The zero-order chi connectivity index (χ0) is 27.2. The minimum atomic E-state index is -4.49. The number of sulfonamides is 1. The average Bonchev–Trinajstić information content (AvgIpc) is 3.35. The van der Waals surface area contributed by atoms with Crippen LogP contribution in [0.4, 0.5) is 13.2 Å². The van der Waals surface area contributed by atoms with Crippen molar-refractivity contribution in [2.75, 3.05) is 6.54 Å². The number of nitrogens with one attached hydrogen (secondary N) is 1. The number of ether oxygens (including phenoxy) is 1. The van der Waals surface area contributed by atoms with E-state index in [0.717, 1.165) is 34.8 Å². The van der Waals surface area contributed by atoms with Crippen LogP contribution < -0.4 is 9.46 Å². The monoisotopic (exact) mass is 561 g/mol. The minimum absolute atomic E-state index is 0.0616. The van der Waals surface area contributed by atoms with Crippen LogP contribution in [0.2, 0.25) is 0 Å². The number of hydrogen-bond acceptors (Lipinski definition) is 6. The van der Waals surface area contributed by atoms with E-state index in [9.17, 15) is 26.8 Å². The van der Waals surface area contributed by atoms with Gasteiger partial charge in [0.25, 0.3) is 0 Å². The van der Waals surface area contributed by atoms with E-state index in [1.54, 1.807) is 0 Å². The Balaban J connectivity index is 1.27. The van der Waals surface area contributed by atoms with Gasteiger partial charge in [0.05, 0.1) is 5.56 Å². The van der Waals surface area contributed by atoms with Crippen LogP contribution in [0.15, 0.2) is 95.2 Å². The van der Waals surface area contributed by atoms with Crippen LogP contribution in [0.5, 0.6) is 11.5 Å². The van der Waals surface area contributed by atoms with E-state index >= 15 is 0 Å². The summed E-state index contributed by atoms with van der Waals surface area (Å²) in [6.45, 7) is -0.219. The zero-order valence-electron chi connectivity index (χ0n) is 20.0. The van der Waals surface area contributed by atoms with Crippen molar-refractivity contribution in [3.63, 3.8) is 0 Å². The Kier molecular flexibility index (Phi) is 8.85. The van der Waals surface area contributed by atoms with Crippen LogP contribution in [0.3, 0.4) is 0 Å². The van der Waals surface area contributed by atoms with Crippen molar-refractivity contribution in [2.45, 2.75) is 29.9 Å². The van der Waals surface area contributed by atoms with Gasteiger partial charge in [-0.05, 0) is 60.0 Å². The van der Waals surface area contributed by atoms with Gasteiger partial charge in [-0.3, -0.25) is 0 Å². The average molecular weight is 562 g/mol. The van der Waals surface area contributed by atoms with Crippen LogP contribution in [0, 0.1) is 5.21 Å². The summed E-state index contributed by atoms with van der Waals surface area (Å²) >= 11 is 0.947. The summed E-state index contributed by atoms with van der Waals surface area (Å²) in [5, 5.41) is 12.9. The van der Waals surface area contributed by atoms with Crippen molar-refractivity contribution in [3.8, 4) is 11.5 Å². The van der Waals surface area contributed by atoms with E-state index < -0.39 is 21.8 Å². The van der Waals surface area contributed by atoms with E-state index in [0.29, 0.717) is 22.1 Å². The molecule has 0 aliphatic carbocycles. The van der Waals surface area contributed by atoms with E-state index in [2.05, 4.69) is 4.72 Å². The van der Waals surface area contributed by atoms with Gasteiger partial charge < -0.3 is 15.0 Å². The largest absolute Gasteiger partial charge is 0.785 e. The molecule has 0 radical (unpaired) electrons. The maximum atomic E-state index is 12.9. The number of hydrogen-bond donors (Lipinski definition) is 1. The fourth-order valence-electron chi connectivity index (χ4n) is 3.62. The maximum Gasteiger partial charge on any atom is 0.416 e. The second kappa shape index (κ2) is 12.1. The number of thiophene rings is 1. The van der Waals surface area contributed by atoms with Gasteiger partial charge in [-0.1, -0.05) is 48.5 Å². The molecular formula is C27H24F3N2O4S2-. The summed E-state index contributed by atoms with van der Waals surface area (Å²) in [4.78, 5) is 0.487. The first-order valence-corrected chi connectivity index (χ1v) is 13.9. The van der Waals surface area contributed by atoms with Gasteiger partial charge in [0.1, 0.15) is 15.7 Å². The van der Waals surface area contributed by atoms with Gasteiger partial charge in [-0.25, -0.2) is 13.1 Å². The first-order valence-electron chi connectivity index (χ1n) is 11.6. The molecule has 0 aliphatic heterocycles. The van der Waals surface area contributed by atoms with Crippen molar-refractivity contribution < 1.29 is 26.3 Å². The molecule has 0 bridgehead atoms. The molecule has 38 heavy (non-hydrogen) atoms. The van der Waals surface area contributed by atoms with Crippen molar-refractivity contribution in [3.05, 3.63) is 118 Å². The normalized spacial score (nSPS) is 12.1. The van der Waals surface area contributed by atoms with Crippen LogP contribution in [-0.2, 0) is 35.7 Å². The minimum Gasteiger partial charge on any atom is -0.785 e. The lowest BCUT2D eigenvalue weighted by Crippen LogP contribution is -2.25. The molecule has 0 amide bonds. The quantitative estimate of drug-likeness (QED) is 0.209. The highest BCUT2D eigenvalue weighted by Gasteiger charge is 2.30. The van der Waals surface area contributed by atoms with Gasteiger partial charge in [-0.15, -0.1) is 11.3 Å². The predicted molar refractivity (Wildman–Crippen MR) is 140 cm³/mol. The number of nitrogens with zero attached hydrogens (tertiary/aromatic N) is 1. The molecule has 1 N–H and O–H groups in total. The second-order valence-electron chi connectivity index (χ2n) is 8.42. The fraction of sp³-hybridized carbons (Fsp3) is 0.185. The number of alkyl halides is 3. The lowest BCUT2D eigenvalue weighted by molar-refractivity contribution is -0.137. The summed E-state index contributed by atoms with van der Waals surface area (Å²) in [6.07, 6.45) is -4.03. The first kappa shape index (κ1) is 27.8. The molecule has 11 heteroatoms. The topological polar surface area (TPSA) is 81.7 Å². The Morgan fingerprint density at radius 3 is 2.26 bits per heavy atom. The molecule has 3 aromatic carbocycles. The van der Waals surface area contributed by atoms with Crippen LogP contribution in [-0.4, -0.2) is 20.0 Å². The van der Waals surface area contributed by atoms with Crippen LogP contribution in [0.25, 0.3) is 0 Å². The number of benzene rings is 3. The van der Waals surface area contributed by atoms with Crippen molar-refractivity contribution in [1.82, 2.24) is 9.79 Å². The molecule has 0 saturated carbocycles. The molecular weight excluding hydrogens is 537 g/mol. The highest BCUT2D eigenvalue weighted by molar-refractivity contribution is 7.91. The van der Waals surface area contributed by atoms with Gasteiger partial charge in [-0.2, -0.15) is 13.2 Å². The van der Waals surface area contributed by atoms with E-state index in [-0.39, 0.29) is 29.4 Å². The van der Waals surface area contributed by atoms with Gasteiger partial charge >= 0.3 is 6.18 Å². The standard InChI is InChI=1S/C27H24F3N2O4S2/c28-27(29,30)22-6-4-5-21(17-22)18-32(33)19-25-13-14-26(37-25)38(34,35)31-16-15-20-9-11-24(12-10-20)36-23-7-2-1-3-8-23/h1-14,17,31H,15-16,18-19H2/q-1. The Morgan fingerprint density at radius 2 is 1.55 bits per heavy atom. The number of halogens is 3. The Labute approximate surface area is 222 Å². The molecule has 4 rings (SSSR count). The Morgan fingerprint density at radius 1 is 0.842 bits per heavy atom. The first-order chi connectivity index (χ1) is 18.1. The summed E-state index contributed by atoms with van der Waals surface area (Å²) in [5.41, 5.74) is 0.326. The van der Waals surface area contributed by atoms with E-state index in [1.165, 1.54) is 24.3 Å². The molecule has 4 aromatic rings. The smallest absolute Gasteiger partial charge is 0.416 e. The lowest BCUT2D eigenvalue weighted by atomic mass is 10.1. The van der Waals surface area contributed by atoms with Crippen LogP contribution >= 0.6 is 11.3 Å². The summed E-state index contributed by atoms with van der Waals surface area (Å²) in [7, 11) is -3.78. The molecule has 0 unspecified atom stereocenters.